The molecule has 192 valence electrons. The number of carbonyl (C=O) groups excluding carboxylic acids is 2. The van der Waals surface area contributed by atoms with Crippen molar-refractivity contribution in [2.75, 3.05) is 27.9 Å². The van der Waals surface area contributed by atoms with Crippen molar-refractivity contribution in [1.82, 2.24) is 4.57 Å². The van der Waals surface area contributed by atoms with E-state index >= 15 is 0 Å². The van der Waals surface area contributed by atoms with Gasteiger partial charge in [0.1, 0.15) is 22.0 Å². The molecule has 1 atom stereocenters. The van der Waals surface area contributed by atoms with Crippen molar-refractivity contribution in [2.24, 2.45) is 5.73 Å². The maximum absolute atomic E-state index is 13.6. The van der Waals surface area contributed by atoms with Crippen LogP contribution >= 0.6 is 11.3 Å². The van der Waals surface area contributed by atoms with Gasteiger partial charge >= 0.3 is 11.9 Å². The lowest BCUT2D eigenvalue weighted by Crippen LogP contribution is -2.41. The lowest BCUT2D eigenvalue weighted by Gasteiger charge is -2.27. The Labute approximate surface area is 216 Å². The molecule has 0 amide bonds. The number of esters is 2. The van der Waals surface area contributed by atoms with E-state index in [0.717, 1.165) is 15.9 Å². The molecule has 1 aromatic heterocycles. The van der Waals surface area contributed by atoms with Gasteiger partial charge in [-0.3, -0.25) is 9.36 Å². The minimum absolute atomic E-state index is 0.0636. The minimum Gasteiger partial charge on any atom is -0.496 e. The molecule has 0 aliphatic carbocycles. The predicted molar refractivity (Wildman–Crippen MR) is 140 cm³/mol. The highest BCUT2D eigenvalue weighted by atomic mass is 32.1. The zero-order chi connectivity index (χ0) is 26.7. The first-order chi connectivity index (χ1) is 17.9. The van der Waals surface area contributed by atoms with Gasteiger partial charge in [-0.1, -0.05) is 36.4 Å². The fourth-order valence-corrected chi connectivity index (χ4v) is 5.46. The average molecular weight is 523 g/mol. The number of methoxy groups -OCH3 is 3. The van der Waals surface area contributed by atoms with Crippen LogP contribution in [0, 0.1) is 0 Å². The first-order valence-electron chi connectivity index (χ1n) is 11.4. The molecule has 1 unspecified atom stereocenters. The van der Waals surface area contributed by atoms with Crippen LogP contribution < -0.4 is 30.0 Å². The van der Waals surface area contributed by atoms with Crippen molar-refractivity contribution < 1.29 is 28.5 Å². The summed E-state index contributed by atoms with van der Waals surface area (Å²) in [5.74, 6) is -1.61. The number of nitrogens with zero attached hydrogens (tertiary/aromatic N) is 1. The summed E-state index contributed by atoms with van der Waals surface area (Å²) in [7, 11) is 4.23. The smallest absolute Gasteiger partial charge is 0.338 e. The van der Waals surface area contributed by atoms with Gasteiger partial charge in [0.25, 0.3) is 5.56 Å². The molecule has 2 heterocycles. The zero-order valence-corrected chi connectivity index (χ0v) is 21.6. The van der Waals surface area contributed by atoms with Crippen molar-refractivity contribution in [1.29, 1.82) is 0 Å². The summed E-state index contributed by atoms with van der Waals surface area (Å²) in [6, 6.07) is 14.2. The predicted octanol–water partition coefficient (Wildman–Crippen LogP) is 1.57. The summed E-state index contributed by atoms with van der Waals surface area (Å²) in [6.45, 7) is 1.76. The molecule has 0 spiro atoms. The van der Waals surface area contributed by atoms with Crippen molar-refractivity contribution in [3.8, 4) is 11.5 Å². The van der Waals surface area contributed by atoms with Gasteiger partial charge < -0.3 is 24.7 Å². The van der Waals surface area contributed by atoms with Crippen molar-refractivity contribution >= 4 is 40.7 Å². The highest BCUT2D eigenvalue weighted by Crippen LogP contribution is 2.41. The summed E-state index contributed by atoms with van der Waals surface area (Å²) in [4.78, 5) is 40.1. The Hall–Kier alpha value is -4.31. The fourth-order valence-electron chi connectivity index (χ4n) is 4.31. The van der Waals surface area contributed by atoms with Crippen molar-refractivity contribution in [3.63, 3.8) is 0 Å². The Balaban J connectivity index is 2.16. The molecule has 0 saturated carbocycles. The van der Waals surface area contributed by atoms with Gasteiger partial charge in [-0.2, -0.15) is 0 Å². The van der Waals surface area contributed by atoms with Gasteiger partial charge in [0.2, 0.25) is 0 Å². The molecule has 0 saturated heterocycles. The second-order valence-corrected chi connectivity index (χ2v) is 8.93. The molecule has 2 N–H and O–H groups in total. The topological polar surface area (TPSA) is 119 Å². The number of ether oxygens (including phenoxy) is 4. The van der Waals surface area contributed by atoms with E-state index in [4.69, 9.17) is 24.7 Å². The standard InChI is InChI=1S/C27H26N2O7S/c1-5-36-27(32)22-20(16-11-7-9-13-18(16)34-3)21(26(31)35-4)23(28)29-24(30)19(37-25(22)29)14-15-10-6-8-12-17(15)33-2/h6-14,20H,5,28H2,1-4H3/b19-14+. The molecule has 37 heavy (non-hydrogen) atoms. The fraction of sp³-hybridized carbons (Fsp3) is 0.222. The number of hydrogen-bond acceptors (Lipinski definition) is 9. The molecular formula is C27H26N2O7S. The second-order valence-electron chi connectivity index (χ2n) is 7.90. The van der Waals surface area contributed by atoms with Gasteiger partial charge in [0.15, 0.2) is 0 Å². The Kier molecular flexibility index (Phi) is 7.49. The summed E-state index contributed by atoms with van der Waals surface area (Å²) in [6.07, 6.45) is 1.66. The van der Waals surface area contributed by atoms with E-state index in [9.17, 15) is 14.4 Å². The van der Waals surface area contributed by atoms with Crippen LogP contribution in [0.1, 0.15) is 24.0 Å². The van der Waals surface area contributed by atoms with E-state index in [0.29, 0.717) is 22.6 Å². The molecular weight excluding hydrogens is 496 g/mol. The Bertz CT molecular complexity index is 1580. The van der Waals surface area contributed by atoms with Crippen LogP contribution in [0.25, 0.3) is 17.5 Å². The molecule has 1 aliphatic heterocycles. The minimum atomic E-state index is -1.00. The van der Waals surface area contributed by atoms with Crippen LogP contribution in [0.15, 0.2) is 58.9 Å². The summed E-state index contributed by atoms with van der Waals surface area (Å²) >= 11 is 1.07. The van der Waals surface area contributed by atoms with Crippen molar-refractivity contribution in [2.45, 2.75) is 12.8 Å². The lowest BCUT2D eigenvalue weighted by molar-refractivity contribution is -0.136. The van der Waals surface area contributed by atoms with Crippen LogP contribution in [-0.2, 0) is 19.1 Å². The molecule has 10 heteroatoms. The van der Waals surface area contributed by atoms with Crippen LogP contribution in [0.4, 0.5) is 0 Å². The van der Waals surface area contributed by atoms with E-state index in [2.05, 4.69) is 0 Å². The van der Waals surface area contributed by atoms with E-state index in [1.54, 1.807) is 49.4 Å². The summed E-state index contributed by atoms with van der Waals surface area (Å²) in [5, 5.41) is 0. The monoisotopic (exact) mass is 522 g/mol. The molecule has 0 fully saturated rings. The second kappa shape index (κ2) is 10.8. The molecule has 3 aromatic rings. The summed E-state index contributed by atoms with van der Waals surface area (Å²) < 4.78 is 23.1. The van der Waals surface area contributed by atoms with Gasteiger partial charge in [0, 0.05) is 11.1 Å². The Morgan fingerprint density at radius 1 is 0.973 bits per heavy atom. The molecule has 9 nitrogen and oxygen atoms in total. The first kappa shape index (κ1) is 25.8. The third-order valence-corrected chi connectivity index (χ3v) is 7.03. The molecule has 0 radical (unpaired) electrons. The van der Waals surface area contributed by atoms with Crippen molar-refractivity contribution in [3.05, 3.63) is 84.8 Å². The lowest BCUT2D eigenvalue weighted by atomic mass is 9.82. The number of hydrogen-bond donors (Lipinski definition) is 1. The quantitative estimate of drug-likeness (QED) is 0.465. The number of rotatable bonds is 7. The van der Waals surface area contributed by atoms with E-state index < -0.39 is 23.4 Å². The maximum atomic E-state index is 13.6. The SMILES string of the molecule is CCOC(=O)C1=c2s/c(=C/c3ccccc3OC)c(=O)n2C(N)=C(C(=O)OC)C1c1ccccc1OC. The van der Waals surface area contributed by atoms with Crippen LogP contribution in [0.5, 0.6) is 11.5 Å². The third kappa shape index (κ3) is 4.51. The average Bonchev–Trinajstić information content (AvgIpc) is 3.23. The van der Waals surface area contributed by atoms with E-state index in [1.165, 1.54) is 21.3 Å². The maximum Gasteiger partial charge on any atom is 0.338 e. The van der Waals surface area contributed by atoms with Gasteiger partial charge in [0.05, 0.1) is 49.5 Å². The summed E-state index contributed by atoms with van der Waals surface area (Å²) in [5.41, 5.74) is 7.18. The molecule has 0 bridgehead atoms. The van der Waals surface area contributed by atoms with Crippen LogP contribution in [0.3, 0.4) is 0 Å². The number of thiazole rings is 1. The van der Waals surface area contributed by atoms with Gasteiger partial charge in [-0.15, -0.1) is 11.3 Å². The number of benzene rings is 2. The normalized spacial score (nSPS) is 15.3. The third-order valence-electron chi connectivity index (χ3n) is 5.92. The molecule has 1 aliphatic rings. The first-order valence-corrected chi connectivity index (χ1v) is 12.2. The number of aromatic nitrogens is 1. The van der Waals surface area contributed by atoms with Crippen LogP contribution in [-0.4, -0.2) is 44.4 Å². The Morgan fingerprint density at radius 2 is 1.62 bits per heavy atom. The van der Waals surface area contributed by atoms with E-state index in [-0.39, 0.29) is 32.8 Å². The number of carbonyl (C=O) groups is 2. The highest BCUT2D eigenvalue weighted by Gasteiger charge is 2.41. The Morgan fingerprint density at radius 3 is 2.27 bits per heavy atom. The number of nitrogens with two attached hydrogens (primary N) is 1. The number of para-hydroxylation sites is 2. The molecule has 4 rings (SSSR count). The van der Waals surface area contributed by atoms with Gasteiger partial charge in [-0.25, -0.2) is 9.59 Å². The van der Waals surface area contributed by atoms with E-state index in [1.807, 2.05) is 12.1 Å². The van der Waals surface area contributed by atoms with Crippen LogP contribution in [0.2, 0.25) is 0 Å². The number of fused-ring (bicyclic) bond motifs is 1. The largest absolute Gasteiger partial charge is 0.496 e. The molecule has 2 aromatic carbocycles. The zero-order valence-electron chi connectivity index (χ0n) is 20.8. The van der Waals surface area contributed by atoms with Gasteiger partial charge in [-0.05, 0) is 25.1 Å². The highest BCUT2D eigenvalue weighted by molar-refractivity contribution is 7.07.